The largest absolute Gasteiger partial charge is 0.467 e. The number of methoxy groups -OCH3 is 1. The topological polar surface area (TPSA) is 83.5 Å². The molecule has 2 aliphatic heterocycles. The third kappa shape index (κ3) is 3.45. The summed E-state index contributed by atoms with van der Waals surface area (Å²) < 4.78 is 27.7. The normalized spacial score (nSPS) is 32.3. The van der Waals surface area contributed by atoms with E-state index < -0.39 is 42.5 Å². The van der Waals surface area contributed by atoms with Crippen LogP contribution >= 0.6 is 0 Å². The number of aliphatic hydroxyl groups excluding tert-OH is 1. The summed E-state index contributed by atoms with van der Waals surface area (Å²) in [6, 6.07) is 9.58. The van der Waals surface area contributed by atoms with Gasteiger partial charge in [-0.05, 0) is 19.4 Å². The number of hydrogen-bond acceptors (Lipinski definition) is 7. The number of esters is 1. The summed E-state index contributed by atoms with van der Waals surface area (Å²) in [6.45, 7) is 3.84. The molecule has 0 radical (unpaired) electrons. The summed E-state index contributed by atoms with van der Waals surface area (Å²) >= 11 is 0. The maximum atomic E-state index is 11.7. The smallest absolute Gasteiger partial charge is 0.337 e. The highest BCUT2D eigenvalue weighted by atomic mass is 16.8. The molecule has 0 spiro atoms. The lowest BCUT2D eigenvalue weighted by Gasteiger charge is -2.27. The van der Waals surface area contributed by atoms with Crippen LogP contribution in [0.3, 0.4) is 0 Å². The first kappa shape index (κ1) is 17.3. The van der Waals surface area contributed by atoms with Gasteiger partial charge in [0.2, 0.25) is 0 Å². The minimum Gasteiger partial charge on any atom is -0.467 e. The molecule has 24 heavy (non-hydrogen) atoms. The van der Waals surface area contributed by atoms with Crippen molar-refractivity contribution in [3.05, 3.63) is 35.9 Å². The summed E-state index contributed by atoms with van der Waals surface area (Å²) in [4.78, 5) is 11.7. The lowest BCUT2D eigenvalue weighted by molar-refractivity contribution is -0.231. The van der Waals surface area contributed by atoms with Crippen LogP contribution in [0.15, 0.2) is 30.3 Å². The molecule has 7 nitrogen and oxygen atoms in total. The average Bonchev–Trinajstić information content (AvgIpc) is 3.04. The highest BCUT2D eigenvalue weighted by molar-refractivity contribution is 5.75. The van der Waals surface area contributed by atoms with Crippen molar-refractivity contribution in [2.45, 2.75) is 56.9 Å². The van der Waals surface area contributed by atoms with Gasteiger partial charge in [-0.2, -0.15) is 0 Å². The van der Waals surface area contributed by atoms with Crippen molar-refractivity contribution in [2.24, 2.45) is 0 Å². The van der Waals surface area contributed by atoms with Crippen LogP contribution in [0.2, 0.25) is 0 Å². The molecule has 0 amide bonds. The van der Waals surface area contributed by atoms with Crippen LogP contribution in [-0.2, 0) is 35.1 Å². The van der Waals surface area contributed by atoms with Gasteiger partial charge >= 0.3 is 5.97 Å². The van der Waals surface area contributed by atoms with Crippen molar-refractivity contribution in [3.63, 3.8) is 0 Å². The van der Waals surface area contributed by atoms with Crippen LogP contribution < -0.4 is 0 Å². The average molecular weight is 338 g/mol. The number of benzene rings is 1. The zero-order chi connectivity index (χ0) is 17.3. The van der Waals surface area contributed by atoms with Gasteiger partial charge in [0.05, 0.1) is 13.7 Å². The van der Waals surface area contributed by atoms with Crippen LogP contribution in [0.25, 0.3) is 0 Å². The molecule has 2 aliphatic rings. The predicted octanol–water partition coefficient (Wildman–Crippen LogP) is 0.982. The number of aliphatic hydroxyl groups is 1. The fourth-order valence-corrected chi connectivity index (χ4v) is 2.97. The molecule has 0 saturated carbocycles. The minimum atomic E-state index is -1.48. The van der Waals surface area contributed by atoms with Crippen molar-refractivity contribution in [2.75, 3.05) is 7.11 Å². The molecule has 0 aliphatic carbocycles. The first-order chi connectivity index (χ1) is 11.4. The van der Waals surface area contributed by atoms with Crippen LogP contribution in [0.4, 0.5) is 0 Å². The van der Waals surface area contributed by atoms with Crippen molar-refractivity contribution in [1.29, 1.82) is 0 Å². The second kappa shape index (κ2) is 6.78. The monoisotopic (exact) mass is 338 g/mol. The van der Waals surface area contributed by atoms with Crippen LogP contribution in [0, 0.1) is 0 Å². The summed E-state index contributed by atoms with van der Waals surface area (Å²) in [6.07, 6.45) is -4.30. The van der Waals surface area contributed by atoms with Crippen LogP contribution in [0.1, 0.15) is 19.4 Å². The second-order valence-corrected chi connectivity index (χ2v) is 6.30. The van der Waals surface area contributed by atoms with Gasteiger partial charge in [0, 0.05) is 0 Å². The van der Waals surface area contributed by atoms with Gasteiger partial charge in [0.1, 0.15) is 18.3 Å². The van der Waals surface area contributed by atoms with Crippen LogP contribution in [-0.4, -0.2) is 54.7 Å². The van der Waals surface area contributed by atoms with E-state index in [0.717, 1.165) is 5.56 Å². The number of carbonyl (C=O) groups is 1. The molecule has 7 heteroatoms. The number of carbonyl (C=O) groups excluding carboxylic acids is 1. The number of ether oxygens (including phenoxy) is 5. The predicted molar refractivity (Wildman–Crippen MR) is 81.7 cm³/mol. The van der Waals surface area contributed by atoms with E-state index in [1.54, 1.807) is 13.8 Å². The van der Waals surface area contributed by atoms with E-state index in [4.69, 9.17) is 18.9 Å². The van der Waals surface area contributed by atoms with Gasteiger partial charge in [-0.25, -0.2) is 4.79 Å². The maximum absolute atomic E-state index is 11.7. The molecule has 0 aromatic heterocycles. The molecule has 2 heterocycles. The van der Waals surface area contributed by atoms with E-state index in [1.807, 2.05) is 30.3 Å². The van der Waals surface area contributed by atoms with Gasteiger partial charge in [-0.1, -0.05) is 30.3 Å². The molecule has 5 atom stereocenters. The fraction of sp³-hybridized carbons (Fsp3) is 0.588. The SMILES string of the molecule is COC(=O)[C@H](O)[C@H]1O[C@@H]2OC(C)(C)O[C@@H]2[C@H]1OCc1ccccc1. The molecule has 0 unspecified atom stereocenters. The van der Waals surface area contributed by atoms with Gasteiger partial charge in [0.15, 0.2) is 18.2 Å². The van der Waals surface area contributed by atoms with E-state index in [1.165, 1.54) is 7.11 Å². The summed E-state index contributed by atoms with van der Waals surface area (Å²) in [7, 11) is 1.21. The molecule has 0 bridgehead atoms. The van der Waals surface area contributed by atoms with Crippen molar-refractivity contribution in [1.82, 2.24) is 0 Å². The third-order valence-corrected chi connectivity index (χ3v) is 4.07. The third-order valence-electron chi connectivity index (χ3n) is 4.07. The molecule has 132 valence electrons. The van der Waals surface area contributed by atoms with Gasteiger partial charge in [-0.15, -0.1) is 0 Å². The highest BCUT2D eigenvalue weighted by Crippen LogP contribution is 2.40. The molecular formula is C17H22O7. The summed E-state index contributed by atoms with van der Waals surface area (Å²) in [5.74, 6) is -1.60. The Morgan fingerprint density at radius 2 is 2.00 bits per heavy atom. The minimum absolute atomic E-state index is 0.298. The molecule has 2 saturated heterocycles. The van der Waals surface area contributed by atoms with E-state index >= 15 is 0 Å². The molecule has 1 aromatic rings. The first-order valence-electron chi connectivity index (χ1n) is 7.84. The zero-order valence-electron chi connectivity index (χ0n) is 13.9. The Hall–Kier alpha value is -1.51. The van der Waals surface area contributed by atoms with Crippen molar-refractivity contribution in [3.8, 4) is 0 Å². The first-order valence-corrected chi connectivity index (χ1v) is 7.84. The molecule has 3 rings (SSSR count). The second-order valence-electron chi connectivity index (χ2n) is 6.30. The quantitative estimate of drug-likeness (QED) is 0.801. The lowest BCUT2D eigenvalue weighted by atomic mass is 10.1. The number of hydrogen-bond donors (Lipinski definition) is 1. The van der Waals surface area contributed by atoms with Crippen LogP contribution in [0.5, 0.6) is 0 Å². The zero-order valence-corrected chi connectivity index (χ0v) is 13.9. The van der Waals surface area contributed by atoms with E-state index in [-0.39, 0.29) is 0 Å². The highest BCUT2D eigenvalue weighted by Gasteiger charge is 2.58. The van der Waals surface area contributed by atoms with E-state index in [9.17, 15) is 9.90 Å². The Morgan fingerprint density at radius 1 is 1.29 bits per heavy atom. The Kier molecular flexibility index (Phi) is 4.89. The van der Waals surface area contributed by atoms with E-state index in [0.29, 0.717) is 6.61 Å². The summed E-state index contributed by atoms with van der Waals surface area (Å²) in [5, 5.41) is 10.2. The number of rotatable bonds is 5. The Balaban J connectivity index is 1.75. The Morgan fingerprint density at radius 3 is 2.67 bits per heavy atom. The fourth-order valence-electron chi connectivity index (χ4n) is 2.97. The standard InChI is InChI=1S/C17H22O7/c1-17(2)23-14-13(21-9-10-7-5-4-6-8-10)12(22-16(14)24-17)11(18)15(19)20-3/h4-8,11-14,16,18H,9H2,1-3H3/t11-,12-,13+,14-,16-/m1/s1. The molecule has 1 N–H and O–H groups in total. The molecule has 1 aromatic carbocycles. The van der Waals surface area contributed by atoms with Gasteiger partial charge < -0.3 is 28.8 Å². The van der Waals surface area contributed by atoms with Crippen molar-refractivity contribution < 1.29 is 33.6 Å². The van der Waals surface area contributed by atoms with Crippen molar-refractivity contribution >= 4 is 5.97 Å². The maximum Gasteiger partial charge on any atom is 0.337 e. The van der Waals surface area contributed by atoms with Gasteiger partial charge in [-0.3, -0.25) is 0 Å². The summed E-state index contributed by atoms with van der Waals surface area (Å²) in [5.41, 5.74) is 0.963. The molecule has 2 fully saturated rings. The Labute approximate surface area is 140 Å². The number of fused-ring (bicyclic) bond motifs is 1. The Bertz CT molecular complexity index is 574. The lowest BCUT2D eigenvalue weighted by Crippen LogP contribution is -2.46. The van der Waals surface area contributed by atoms with Gasteiger partial charge in [0.25, 0.3) is 0 Å². The molecular weight excluding hydrogens is 316 g/mol. The van der Waals surface area contributed by atoms with E-state index in [2.05, 4.69) is 4.74 Å².